The van der Waals surface area contributed by atoms with Gasteiger partial charge in [0.15, 0.2) is 11.5 Å². The molecule has 186 valence electrons. The summed E-state index contributed by atoms with van der Waals surface area (Å²) in [5, 5.41) is 5.79. The van der Waals surface area contributed by atoms with Gasteiger partial charge in [0, 0.05) is 29.5 Å². The number of aromatic nitrogens is 1. The van der Waals surface area contributed by atoms with E-state index < -0.39 is 11.9 Å². The summed E-state index contributed by atoms with van der Waals surface area (Å²) in [5.74, 6) is 1.12. The van der Waals surface area contributed by atoms with Gasteiger partial charge in [0.05, 0.1) is 39.8 Å². The lowest BCUT2D eigenvalue weighted by Gasteiger charge is -2.21. The highest BCUT2D eigenvalue weighted by Crippen LogP contribution is 2.43. The third kappa shape index (κ3) is 6.00. The predicted molar refractivity (Wildman–Crippen MR) is 134 cm³/mol. The van der Waals surface area contributed by atoms with E-state index in [1.54, 1.807) is 27.4 Å². The molecule has 0 radical (unpaired) electrons. The number of hydroxylamine groups is 1. The molecule has 0 saturated carbocycles. The summed E-state index contributed by atoms with van der Waals surface area (Å²) in [6.45, 7) is 0.293. The number of carbonyl (C=O) groups is 2. The molecule has 1 heterocycles. The van der Waals surface area contributed by atoms with Crippen LogP contribution in [-0.2, 0) is 9.63 Å². The summed E-state index contributed by atoms with van der Waals surface area (Å²) in [5.41, 5.74) is 8.88. The Hall–Kier alpha value is -3.83. The van der Waals surface area contributed by atoms with Crippen molar-refractivity contribution in [3.8, 4) is 39.6 Å². The number of rotatable bonds is 11. The molecule has 0 aliphatic heterocycles. The number of nitrogens with one attached hydrogen (secondary N) is 1. The normalized spacial score (nSPS) is 10.5. The Labute approximate surface area is 207 Å². The van der Waals surface area contributed by atoms with Crippen LogP contribution < -0.4 is 30.3 Å². The van der Waals surface area contributed by atoms with Crippen molar-refractivity contribution in [3.63, 3.8) is 0 Å². The number of primary amides is 1. The molecule has 35 heavy (non-hydrogen) atoms. The van der Waals surface area contributed by atoms with Crippen molar-refractivity contribution in [1.82, 2.24) is 9.69 Å². The van der Waals surface area contributed by atoms with Gasteiger partial charge in [0.25, 0.3) is 0 Å². The first-order valence-electron chi connectivity index (χ1n) is 10.7. The first kappa shape index (κ1) is 25.8. The van der Waals surface area contributed by atoms with E-state index >= 15 is 0 Å². The summed E-state index contributed by atoms with van der Waals surface area (Å²) in [7, 11) is 6.08. The molecule has 0 aliphatic carbocycles. The number of hydrogen-bond acceptors (Lipinski definition) is 8. The van der Waals surface area contributed by atoms with Crippen LogP contribution in [0.25, 0.3) is 22.4 Å². The molecule has 0 aliphatic rings. The minimum Gasteiger partial charge on any atom is -0.493 e. The third-order valence-electron chi connectivity index (χ3n) is 5.14. The number of nitrogens with zero attached hydrogens (tertiary/aromatic N) is 2. The van der Waals surface area contributed by atoms with Crippen LogP contribution in [0.1, 0.15) is 12.8 Å². The van der Waals surface area contributed by atoms with Gasteiger partial charge >= 0.3 is 6.03 Å². The number of methoxy groups -OCH3 is 3. The zero-order valence-electron chi connectivity index (χ0n) is 20.0. The van der Waals surface area contributed by atoms with Gasteiger partial charge in [-0.05, 0) is 47.8 Å². The minimum atomic E-state index is -0.456. The van der Waals surface area contributed by atoms with Gasteiger partial charge in [-0.25, -0.2) is 4.79 Å². The molecule has 2 aromatic carbocycles. The van der Waals surface area contributed by atoms with Crippen molar-refractivity contribution in [2.75, 3.05) is 40.0 Å². The Kier molecular flexibility index (Phi) is 8.87. The SMILES string of the molecule is COc1cc(-c2nscc2-c2cccc(N(OC)C(=O)NCCCC(N)=O)c2)cc(OC)c1OC. The first-order valence-corrected chi connectivity index (χ1v) is 11.5. The van der Waals surface area contributed by atoms with Crippen molar-refractivity contribution < 1.29 is 28.6 Å². The highest BCUT2D eigenvalue weighted by atomic mass is 32.1. The molecule has 1 aromatic heterocycles. The molecule has 3 N–H and O–H groups in total. The molecule has 3 amide bonds. The van der Waals surface area contributed by atoms with E-state index in [4.69, 9.17) is 24.8 Å². The zero-order chi connectivity index (χ0) is 25.4. The van der Waals surface area contributed by atoms with Gasteiger partial charge in [-0.3, -0.25) is 9.63 Å². The van der Waals surface area contributed by atoms with Gasteiger partial charge in [-0.2, -0.15) is 9.44 Å². The van der Waals surface area contributed by atoms with Crippen LogP contribution in [0.3, 0.4) is 0 Å². The number of ether oxygens (including phenoxy) is 3. The van der Waals surface area contributed by atoms with Gasteiger partial charge in [-0.15, -0.1) is 0 Å². The van der Waals surface area contributed by atoms with Gasteiger partial charge in [-0.1, -0.05) is 12.1 Å². The molecule has 10 nitrogen and oxygen atoms in total. The minimum absolute atomic E-state index is 0.192. The van der Waals surface area contributed by atoms with Crippen LogP contribution in [0.5, 0.6) is 17.2 Å². The van der Waals surface area contributed by atoms with Crippen LogP contribution in [0.15, 0.2) is 41.8 Å². The molecule has 3 aromatic rings. The fraction of sp³-hybridized carbons (Fsp3) is 0.292. The van der Waals surface area contributed by atoms with E-state index in [0.29, 0.717) is 35.9 Å². The lowest BCUT2D eigenvalue weighted by atomic mass is 10.0. The predicted octanol–water partition coefficient (Wildman–Crippen LogP) is 3.85. The number of benzene rings is 2. The maximum atomic E-state index is 12.6. The van der Waals surface area contributed by atoms with E-state index in [9.17, 15) is 9.59 Å². The van der Waals surface area contributed by atoms with Crippen molar-refractivity contribution in [1.29, 1.82) is 0 Å². The van der Waals surface area contributed by atoms with Crippen LogP contribution in [-0.4, -0.2) is 51.3 Å². The van der Waals surface area contributed by atoms with Crippen molar-refractivity contribution >= 4 is 29.2 Å². The Morgan fingerprint density at radius 1 is 1.03 bits per heavy atom. The van der Waals surface area contributed by atoms with Gasteiger partial charge in [0.2, 0.25) is 11.7 Å². The average molecular weight is 501 g/mol. The Morgan fingerprint density at radius 3 is 2.34 bits per heavy atom. The summed E-state index contributed by atoms with van der Waals surface area (Å²) in [4.78, 5) is 28.8. The summed E-state index contributed by atoms with van der Waals surface area (Å²) in [6.07, 6.45) is 0.634. The highest BCUT2D eigenvalue weighted by molar-refractivity contribution is 7.04. The van der Waals surface area contributed by atoms with Crippen molar-refractivity contribution in [2.45, 2.75) is 12.8 Å². The zero-order valence-corrected chi connectivity index (χ0v) is 20.8. The Balaban J connectivity index is 1.91. The molecule has 0 bridgehead atoms. The Morgan fingerprint density at radius 2 is 1.74 bits per heavy atom. The van der Waals surface area contributed by atoms with Crippen LogP contribution >= 0.6 is 11.5 Å². The average Bonchev–Trinajstić information content (AvgIpc) is 3.36. The molecule has 0 fully saturated rings. The maximum Gasteiger partial charge on any atom is 0.346 e. The van der Waals surface area contributed by atoms with Crippen LogP contribution in [0, 0.1) is 0 Å². The number of carbonyl (C=O) groups excluding carboxylic acids is 2. The quantitative estimate of drug-likeness (QED) is 0.303. The topological polar surface area (TPSA) is 125 Å². The van der Waals surface area contributed by atoms with Crippen LogP contribution in [0.2, 0.25) is 0 Å². The number of anilines is 1. The molecular weight excluding hydrogens is 472 g/mol. The second-order valence-electron chi connectivity index (χ2n) is 7.32. The maximum absolute atomic E-state index is 12.6. The molecular formula is C24H28N4O6S. The number of hydrogen-bond donors (Lipinski definition) is 2. The van der Waals surface area contributed by atoms with Crippen molar-refractivity contribution in [2.24, 2.45) is 5.73 Å². The molecule has 0 spiro atoms. The first-order chi connectivity index (χ1) is 16.9. The molecule has 0 unspecified atom stereocenters. The number of urea groups is 1. The smallest absolute Gasteiger partial charge is 0.346 e. The third-order valence-corrected chi connectivity index (χ3v) is 5.77. The Bertz CT molecular complexity index is 1160. The lowest BCUT2D eigenvalue weighted by molar-refractivity contribution is -0.118. The molecule has 0 atom stereocenters. The molecule has 0 saturated heterocycles. The second-order valence-corrected chi connectivity index (χ2v) is 7.95. The van der Waals surface area contributed by atoms with E-state index in [1.165, 1.54) is 18.6 Å². The van der Waals surface area contributed by atoms with E-state index in [-0.39, 0.29) is 6.42 Å². The van der Waals surface area contributed by atoms with Gasteiger partial charge < -0.3 is 25.3 Å². The van der Waals surface area contributed by atoms with Crippen molar-refractivity contribution in [3.05, 3.63) is 41.8 Å². The second kappa shape index (κ2) is 12.0. The highest BCUT2D eigenvalue weighted by Gasteiger charge is 2.20. The standard InChI is InChI=1S/C24H28N4O6S/c1-31-19-12-16(13-20(32-2)23(19)33-3)22-18(14-35-27-22)15-7-5-8-17(11-15)28(34-4)24(30)26-10-6-9-21(25)29/h5,7-8,11-14H,6,9-10H2,1-4H3,(H2,25,29)(H,26,30). The summed E-state index contributed by atoms with van der Waals surface area (Å²) >= 11 is 1.31. The summed E-state index contributed by atoms with van der Waals surface area (Å²) in [6, 6.07) is 10.6. The number of amides is 3. The molecule has 3 rings (SSSR count). The number of nitrogens with two attached hydrogens (primary N) is 1. The van der Waals surface area contributed by atoms with Crippen LogP contribution in [0.4, 0.5) is 10.5 Å². The van der Waals surface area contributed by atoms with E-state index in [2.05, 4.69) is 9.69 Å². The summed E-state index contributed by atoms with van der Waals surface area (Å²) < 4.78 is 21.0. The van der Waals surface area contributed by atoms with Gasteiger partial charge in [0.1, 0.15) is 0 Å². The monoisotopic (exact) mass is 500 g/mol. The lowest BCUT2D eigenvalue weighted by Crippen LogP contribution is -2.40. The molecule has 11 heteroatoms. The largest absolute Gasteiger partial charge is 0.493 e. The fourth-order valence-electron chi connectivity index (χ4n) is 3.50. The van der Waals surface area contributed by atoms with E-state index in [0.717, 1.165) is 27.4 Å². The van der Waals surface area contributed by atoms with E-state index in [1.807, 2.05) is 35.7 Å². The fourth-order valence-corrected chi connectivity index (χ4v) is 4.22.